The molecule has 2 aliphatic rings. The predicted molar refractivity (Wildman–Crippen MR) is 79.7 cm³/mol. The van der Waals surface area contributed by atoms with Crippen LogP contribution in [0.25, 0.3) is 0 Å². The molecule has 20 heavy (non-hydrogen) atoms. The topological polar surface area (TPSA) is 52.0 Å². The molecule has 0 amide bonds. The van der Waals surface area contributed by atoms with Gasteiger partial charge in [0, 0.05) is 25.3 Å². The van der Waals surface area contributed by atoms with E-state index in [-0.39, 0.29) is 0 Å². The Morgan fingerprint density at radius 2 is 2.10 bits per heavy atom. The number of pyridine rings is 1. The van der Waals surface area contributed by atoms with Crippen molar-refractivity contribution in [1.82, 2.24) is 10.3 Å². The number of rotatable bonds is 4. The van der Waals surface area contributed by atoms with Crippen molar-refractivity contribution in [3.05, 3.63) is 23.4 Å². The van der Waals surface area contributed by atoms with Crippen LogP contribution in [-0.2, 0) is 0 Å². The third kappa shape index (κ3) is 2.94. The Labute approximate surface area is 120 Å². The maximum Gasteiger partial charge on any atom is 0.146 e. The van der Waals surface area contributed by atoms with E-state index in [0.29, 0.717) is 6.04 Å². The second kappa shape index (κ2) is 5.80. The molecule has 1 aliphatic heterocycles. The van der Waals surface area contributed by atoms with Gasteiger partial charge in [0.25, 0.3) is 0 Å². The summed E-state index contributed by atoms with van der Waals surface area (Å²) in [5.41, 5.74) is 1.75. The molecular weight excluding hydrogens is 248 g/mol. The zero-order chi connectivity index (χ0) is 13.9. The van der Waals surface area contributed by atoms with E-state index in [1.54, 1.807) is 0 Å². The highest BCUT2D eigenvalue weighted by Gasteiger charge is 2.25. The summed E-state index contributed by atoms with van der Waals surface area (Å²) in [6, 6.07) is 4.85. The molecule has 1 aromatic rings. The van der Waals surface area contributed by atoms with Gasteiger partial charge in [0.05, 0.1) is 5.56 Å². The van der Waals surface area contributed by atoms with Crippen LogP contribution in [-0.4, -0.2) is 30.7 Å². The molecule has 0 unspecified atom stereocenters. The van der Waals surface area contributed by atoms with E-state index in [2.05, 4.69) is 21.3 Å². The van der Waals surface area contributed by atoms with Crippen molar-refractivity contribution in [3.8, 4) is 6.07 Å². The highest BCUT2D eigenvalue weighted by molar-refractivity contribution is 5.57. The fraction of sp³-hybridized carbons (Fsp3) is 0.625. The average molecular weight is 270 g/mol. The molecular formula is C16H22N4. The Morgan fingerprint density at radius 3 is 2.75 bits per heavy atom. The third-order valence-electron chi connectivity index (χ3n) is 4.44. The molecule has 2 fully saturated rings. The van der Waals surface area contributed by atoms with Crippen LogP contribution in [0, 0.1) is 24.2 Å². The number of nitriles is 1. The number of piperidine rings is 1. The summed E-state index contributed by atoms with van der Waals surface area (Å²) in [7, 11) is 0. The van der Waals surface area contributed by atoms with Gasteiger partial charge in [-0.1, -0.05) is 0 Å². The van der Waals surface area contributed by atoms with Crippen molar-refractivity contribution in [2.45, 2.75) is 38.6 Å². The van der Waals surface area contributed by atoms with E-state index in [1.807, 2.05) is 19.2 Å². The zero-order valence-corrected chi connectivity index (χ0v) is 12.1. The molecule has 0 spiro atoms. The van der Waals surface area contributed by atoms with Crippen LogP contribution in [0.15, 0.2) is 12.3 Å². The first kappa shape index (κ1) is 13.4. The lowest BCUT2D eigenvalue weighted by Crippen LogP contribution is -2.43. The van der Waals surface area contributed by atoms with E-state index < -0.39 is 0 Å². The quantitative estimate of drug-likeness (QED) is 0.911. The van der Waals surface area contributed by atoms with Crippen LogP contribution in [0.4, 0.5) is 5.82 Å². The van der Waals surface area contributed by atoms with E-state index in [0.717, 1.165) is 48.8 Å². The number of aromatic nitrogens is 1. The Kier molecular flexibility index (Phi) is 3.88. The second-order valence-corrected chi connectivity index (χ2v) is 6.05. The fourth-order valence-electron chi connectivity index (χ4n) is 2.87. The van der Waals surface area contributed by atoms with Gasteiger partial charge in [0.1, 0.15) is 11.9 Å². The highest BCUT2D eigenvalue weighted by Crippen LogP contribution is 2.28. The van der Waals surface area contributed by atoms with Crippen LogP contribution < -0.4 is 10.2 Å². The fourth-order valence-corrected chi connectivity index (χ4v) is 2.87. The third-order valence-corrected chi connectivity index (χ3v) is 4.44. The molecule has 0 atom stereocenters. The van der Waals surface area contributed by atoms with Crippen molar-refractivity contribution in [3.63, 3.8) is 0 Å². The van der Waals surface area contributed by atoms with Crippen molar-refractivity contribution in [2.75, 3.05) is 24.5 Å². The minimum atomic E-state index is 0.641. The molecule has 1 aliphatic carbocycles. The van der Waals surface area contributed by atoms with Gasteiger partial charge in [-0.3, -0.25) is 0 Å². The van der Waals surface area contributed by atoms with Crippen molar-refractivity contribution in [1.29, 1.82) is 5.26 Å². The number of aryl methyl sites for hydroxylation is 1. The normalized spacial score (nSPS) is 19.9. The zero-order valence-electron chi connectivity index (χ0n) is 12.1. The first-order chi connectivity index (χ1) is 9.78. The van der Waals surface area contributed by atoms with E-state index in [9.17, 15) is 5.26 Å². The van der Waals surface area contributed by atoms with Crippen LogP contribution in [0.5, 0.6) is 0 Å². The van der Waals surface area contributed by atoms with Crippen LogP contribution in [0.3, 0.4) is 0 Å². The standard InChI is InChI=1S/C16H22N4/c1-12-4-7-18-16(15(12)10-17)20-8-5-14(6-9-20)19-11-13-2-3-13/h4,7,13-14,19H,2-3,5-6,8-9,11H2,1H3. The van der Waals surface area contributed by atoms with Crippen LogP contribution in [0.2, 0.25) is 0 Å². The Hall–Kier alpha value is -1.60. The highest BCUT2D eigenvalue weighted by atomic mass is 15.2. The van der Waals surface area contributed by atoms with Gasteiger partial charge in [-0.25, -0.2) is 4.98 Å². The smallest absolute Gasteiger partial charge is 0.146 e. The minimum Gasteiger partial charge on any atom is -0.355 e. The molecule has 0 aromatic carbocycles. The van der Waals surface area contributed by atoms with Gasteiger partial charge in [0.15, 0.2) is 0 Å². The van der Waals surface area contributed by atoms with Crippen molar-refractivity contribution >= 4 is 5.82 Å². The largest absolute Gasteiger partial charge is 0.355 e. The monoisotopic (exact) mass is 270 g/mol. The maximum atomic E-state index is 9.31. The predicted octanol–water partition coefficient (Wildman–Crippen LogP) is 2.23. The molecule has 2 heterocycles. The summed E-state index contributed by atoms with van der Waals surface area (Å²) >= 11 is 0. The lowest BCUT2D eigenvalue weighted by molar-refractivity contribution is 0.407. The summed E-state index contributed by atoms with van der Waals surface area (Å²) < 4.78 is 0. The van der Waals surface area contributed by atoms with Gasteiger partial charge in [-0.15, -0.1) is 0 Å². The first-order valence-electron chi connectivity index (χ1n) is 7.62. The summed E-state index contributed by atoms with van der Waals surface area (Å²) in [5.74, 6) is 1.81. The molecule has 4 heteroatoms. The Morgan fingerprint density at radius 1 is 1.35 bits per heavy atom. The van der Waals surface area contributed by atoms with E-state index >= 15 is 0 Å². The summed E-state index contributed by atoms with van der Waals surface area (Å²) in [4.78, 5) is 6.69. The average Bonchev–Trinajstić information content (AvgIpc) is 3.30. The van der Waals surface area contributed by atoms with Gasteiger partial charge in [-0.2, -0.15) is 5.26 Å². The second-order valence-electron chi connectivity index (χ2n) is 6.05. The number of hydrogen-bond acceptors (Lipinski definition) is 4. The molecule has 0 bridgehead atoms. The van der Waals surface area contributed by atoms with E-state index in [1.165, 1.54) is 19.4 Å². The van der Waals surface area contributed by atoms with Gasteiger partial charge >= 0.3 is 0 Å². The molecule has 4 nitrogen and oxygen atoms in total. The summed E-state index contributed by atoms with van der Waals surface area (Å²) in [6.45, 7) is 5.16. The Balaban J connectivity index is 1.60. The number of nitrogens with one attached hydrogen (secondary N) is 1. The SMILES string of the molecule is Cc1ccnc(N2CCC(NCC3CC3)CC2)c1C#N. The Bertz CT molecular complexity index is 508. The van der Waals surface area contributed by atoms with Gasteiger partial charge in [0.2, 0.25) is 0 Å². The van der Waals surface area contributed by atoms with Crippen molar-refractivity contribution < 1.29 is 0 Å². The number of anilines is 1. The number of nitrogens with zero attached hydrogens (tertiary/aromatic N) is 3. The molecule has 1 saturated heterocycles. The molecule has 3 rings (SSSR count). The van der Waals surface area contributed by atoms with E-state index in [4.69, 9.17) is 0 Å². The van der Waals surface area contributed by atoms with Crippen molar-refractivity contribution in [2.24, 2.45) is 5.92 Å². The van der Waals surface area contributed by atoms with Crippen LogP contribution >= 0.6 is 0 Å². The molecule has 0 radical (unpaired) electrons. The molecule has 106 valence electrons. The summed E-state index contributed by atoms with van der Waals surface area (Å²) in [5, 5.41) is 13.0. The van der Waals surface area contributed by atoms with Crippen LogP contribution in [0.1, 0.15) is 36.8 Å². The maximum absolute atomic E-state index is 9.31. The minimum absolute atomic E-state index is 0.641. The summed E-state index contributed by atoms with van der Waals surface area (Å²) in [6.07, 6.45) is 6.92. The molecule has 1 saturated carbocycles. The number of hydrogen-bond donors (Lipinski definition) is 1. The molecule has 1 aromatic heterocycles. The van der Waals surface area contributed by atoms with Gasteiger partial charge in [-0.05, 0) is 56.7 Å². The molecule has 1 N–H and O–H groups in total. The van der Waals surface area contributed by atoms with Gasteiger partial charge < -0.3 is 10.2 Å². The lowest BCUT2D eigenvalue weighted by Gasteiger charge is -2.33. The first-order valence-corrected chi connectivity index (χ1v) is 7.62. The lowest BCUT2D eigenvalue weighted by atomic mass is 10.0.